The molecule has 0 aromatic carbocycles. The van der Waals surface area contributed by atoms with E-state index in [2.05, 4.69) is 0 Å². The molecule has 2 aliphatic rings. The van der Waals surface area contributed by atoms with Gasteiger partial charge in [-0.15, -0.1) is 0 Å². The number of carboxylic acid groups (broad SMARTS) is 1. The van der Waals surface area contributed by atoms with Crippen molar-refractivity contribution >= 4 is 5.97 Å². The summed E-state index contributed by atoms with van der Waals surface area (Å²) in [7, 11) is 0. The van der Waals surface area contributed by atoms with Crippen molar-refractivity contribution in [1.82, 2.24) is 0 Å². The topological polar surface area (TPSA) is 46.5 Å². The molecule has 0 aromatic rings. The third kappa shape index (κ3) is 1.28. The molecule has 3 nitrogen and oxygen atoms in total. The molecule has 0 fully saturated rings. The monoisotopic (exact) mass is 220 g/mol. The lowest BCUT2D eigenvalue weighted by Crippen LogP contribution is -2.29. The maximum atomic E-state index is 12.6. The number of carbonyl (C=O) groups is 1. The zero-order valence-electron chi connectivity index (χ0n) is 7.63. The number of hydrogen-bond donors (Lipinski definition) is 1. The van der Waals surface area contributed by atoms with E-state index in [1.807, 2.05) is 0 Å². The summed E-state index contributed by atoms with van der Waals surface area (Å²) < 4.78 is 42.7. The Bertz CT molecular complexity index is 394. The molecule has 2 atom stereocenters. The number of carboxylic acids is 1. The van der Waals surface area contributed by atoms with Crippen LogP contribution in [0.15, 0.2) is 23.3 Å². The molecular formula is C9H7F3O3. The largest absolute Gasteiger partial charge is 0.478 e. The van der Waals surface area contributed by atoms with Crippen LogP contribution >= 0.6 is 0 Å². The molecule has 82 valence electrons. The van der Waals surface area contributed by atoms with E-state index in [1.165, 1.54) is 19.1 Å². The molecule has 0 saturated carbocycles. The standard InChI is InChI=1S/C9H7F3O3/c1-8-3-2-4(15-8)5(9(10,11)12)6(8)7(13)14/h2-4H,1H3,(H,13,14). The van der Waals surface area contributed by atoms with Crippen molar-refractivity contribution in [2.75, 3.05) is 0 Å². The highest BCUT2D eigenvalue weighted by Crippen LogP contribution is 2.48. The third-order valence-corrected chi connectivity index (χ3v) is 2.53. The van der Waals surface area contributed by atoms with Gasteiger partial charge in [0, 0.05) is 0 Å². The quantitative estimate of drug-likeness (QED) is 0.683. The molecule has 0 aliphatic carbocycles. The molecule has 2 heterocycles. The fourth-order valence-electron chi connectivity index (χ4n) is 1.95. The van der Waals surface area contributed by atoms with E-state index in [9.17, 15) is 18.0 Å². The van der Waals surface area contributed by atoms with Crippen LogP contribution in [0.1, 0.15) is 6.92 Å². The van der Waals surface area contributed by atoms with Crippen LogP contribution in [0.3, 0.4) is 0 Å². The Morgan fingerprint density at radius 3 is 2.60 bits per heavy atom. The maximum absolute atomic E-state index is 12.6. The summed E-state index contributed by atoms with van der Waals surface area (Å²) in [5.41, 5.74) is -3.25. The van der Waals surface area contributed by atoms with Gasteiger partial charge >= 0.3 is 12.1 Å². The second-order valence-corrected chi connectivity index (χ2v) is 3.60. The van der Waals surface area contributed by atoms with Crippen molar-refractivity contribution in [3.8, 4) is 0 Å². The molecule has 0 saturated heterocycles. The van der Waals surface area contributed by atoms with E-state index in [0.29, 0.717) is 0 Å². The zero-order chi connectivity index (χ0) is 11.4. The fraction of sp³-hybridized carbons (Fsp3) is 0.444. The van der Waals surface area contributed by atoms with E-state index in [4.69, 9.17) is 9.84 Å². The summed E-state index contributed by atoms with van der Waals surface area (Å²) in [4.78, 5) is 10.8. The van der Waals surface area contributed by atoms with E-state index >= 15 is 0 Å². The summed E-state index contributed by atoms with van der Waals surface area (Å²) in [5, 5.41) is 8.76. The van der Waals surface area contributed by atoms with Crippen LogP contribution in [0.25, 0.3) is 0 Å². The van der Waals surface area contributed by atoms with E-state index in [-0.39, 0.29) is 0 Å². The van der Waals surface area contributed by atoms with Crippen molar-refractivity contribution < 1.29 is 27.8 Å². The molecular weight excluding hydrogens is 213 g/mol. The Hall–Kier alpha value is -1.30. The second-order valence-electron chi connectivity index (χ2n) is 3.60. The van der Waals surface area contributed by atoms with E-state index in [0.717, 1.165) is 0 Å². The molecule has 6 heteroatoms. The van der Waals surface area contributed by atoms with Crippen LogP contribution < -0.4 is 0 Å². The van der Waals surface area contributed by atoms with Crippen molar-refractivity contribution in [3.05, 3.63) is 23.3 Å². The zero-order valence-corrected chi connectivity index (χ0v) is 7.63. The normalized spacial score (nSPS) is 34.0. The predicted molar refractivity (Wildman–Crippen MR) is 43.1 cm³/mol. The van der Waals surface area contributed by atoms with Crippen LogP contribution in [0.4, 0.5) is 13.2 Å². The summed E-state index contributed by atoms with van der Waals surface area (Å²) in [6, 6.07) is 0. The van der Waals surface area contributed by atoms with Crippen molar-refractivity contribution in [3.63, 3.8) is 0 Å². The van der Waals surface area contributed by atoms with Crippen LogP contribution in [0.2, 0.25) is 0 Å². The predicted octanol–water partition coefficient (Wildman–Crippen LogP) is 1.66. The molecule has 1 N–H and O–H groups in total. The Kier molecular flexibility index (Phi) is 1.79. The number of halogens is 3. The first-order valence-corrected chi connectivity index (χ1v) is 4.18. The molecule has 0 radical (unpaired) electrons. The summed E-state index contributed by atoms with van der Waals surface area (Å²) in [6.45, 7) is 1.31. The van der Waals surface area contributed by atoms with Gasteiger partial charge < -0.3 is 9.84 Å². The second kappa shape index (κ2) is 2.63. The van der Waals surface area contributed by atoms with E-state index < -0.39 is 35.0 Å². The van der Waals surface area contributed by atoms with Crippen LogP contribution in [-0.2, 0) is 9.53 Å². The number of rotatable bonds is 1. The van der Waals surface area contributed by atoms with Crippen LogP contribution in [0.5, 0.6) is 0 Å². The van der Waals surface area contributed by atoms with Gasteiger partial charge in [-0.05, 0) is 13.0 Å². The SMILES string of the molecule is CC12C=CC(O1)C(C(F)(F)F)=C2C(=O)O. The van der Waals surface area contributed by atoms with Crippen molar-refractivity contribution in [2.24, 2.45) is 0 Å². The smallest absolute Gasteiger partial charge is 0.416 e. The van der Waals surface area contributed by atoms with Gasteiger partial charge in [-0.2, -0.15) is 13.2 Å². The molecule has 0 aromatic heterocycles. The fourth-order valence-corrected chi connectivity index (χ4v) is 1.95. The minimum atomic E-state index is -4.67. The molecule has 0 amide bonds. The van der Waals surface area contributed by atoms with Gasteiger partial charge in [-0.25, -0.2) is 4.79 Å². The first-order chi connectivity index (χ1) is 6.76. The highest BCUT2D eigenvalue weighted by atomic mass is 19.4. The third-order valence-electron chi connectivity index (χ3n) is 2.53. The van der Waals surface area contributed by atoms with Crippen molar-refractivity contribution in [1.29, 1.82) is 0 Å². The number of alkyl halides is 3. The lowest BCUT2D eigenvalue weighted by atomic mass is 9.88. The summed E-state index contributed by atoms with van der Waals surface area (Å²) in [6.07, 6.45) is -3.37. The van der Waals surface area contributed by atoms with Gasteiger partial charge in [-0.1, -0.05) is 6.08 Å². The Morgan fingerprint density at radius 2 is 2.20 bits per heavy atom. The first kappa shape index (κ1) is 10.2. The van der Waals surface area contributed by atoms with Gasteiger partial charge in [0.05, 0.1) is 11.1 Å². The van der Waals surface area contributed by atoms with Crippen LogP contribution in [0, 0.1) is 0 Å². The average Bonchev–Trinajstić information content (AvgIpc) is 2.53. The maximum Gasteiger partial charge on any atom is 0.416 e. The molecule has 2 unspecified atom stereocenters. The van der Waals surface area contributed by atoms with Gasteiger partial charge in [0.25, 0.3) is 0 Å². The minimum absolute atomic E-state index is 0.706. The highest BCUT2D eigenvalue weighted by Gasteiger charge is 2.56. The lowest BCUT2D eigenvalue weighted by molar-refractivity contribution is -0.134. The Labute approximate surface area is 82.8 Å². The number of aliphatic carboxylic acids is 1. The molecule has 2 bridgehead atoms. The Morgan fingerprint density at radius 1 is 1.60 bits per heavy atom. The molecule has 15 heavy (non-hydrogen) atoms. The number of fused-ring (bicyclic) bond motifs is 2. The summed E-state index contributed by atoms with van der Waals surface area (Å²) >= 11 is 0. The molecule has 2 aliphatic heterocycles. The number of ether oxygens (including phenoxy) is 1. The molecule has 0 spiro atoms. The van der Waals surface area contributed by atoms with Gasteiger partial charge in [0.1, 0.15) is 11.7 Å². The van der Waals surface area contributed by atoms with Gasteiger partial charge in [-0.3, -0.25) is 0 Å². The van der Waals surface area contributed by atoms with Gasteiger partial charge in [0.15, 0.2) is 0 Å². The van der Waals surface area contributed by atoms with Crippen LogP contribution in [-0.4, -0.2) is 29.0 Å². The van der Waals surface area contributed by atoms with E-state index in [1.54, 1.807) is 0 Å². The molecule has 2 rings (SSSR count). The van der Waals surface area contributed by atoms with Crippen molar-refractivity contribution in [2.45, 2.75) is 24.8 Å². The van der Waals surface area contributed by atoms with Gasteiger partial charge in [0.2, 0.25) is 0 Å². The first-order valence-electron chi connectivity index (χ1n) is 4.18. The average molecular weight is 220 g/mol. The highest BCUT2D eigenvalue weighted by molar-refractivity contribution is 5.92. The minimum Gasteiger partial charge on any atom is -0.478 e. The Balaban J connectivity index is 2.59. The summed E-state index contributed by atoms with van der Waals surface area (Å²) in [5.74, 6) is -1.59. The lowest BCUT2D eigenvalue weighted by Gasteiger charge is -2.18. The number of hydrogen-bond acceptors (Lipinski definition) is 2.